The van der Waals surface area contributed by atoms with E-state index in [1.165, 1.54) is 10.6 Å². The first kappa shape index (κ1) is 18.8. The molecule has 24 heavy (non-hydrogen) atoms. The number of nitrogens with zero attached hydrogens (tertiary/aromatic N) is 2. The Bertz CT molecular complexity index is 728. The van der Waals surface area contributed by atoms with E-state index in [4.69, 9.17) is 0 Å². The number of carbonyl (C=O) groups is 1. The molecule has 0 N–H and O–H groups in total. The largest absolute Gasteiger partial charge is 0.339 e. The monoisotopic (exact) mass is 352 g/mol. The van der Waals surface area contributed by atoms with Gasteiger partial charge in [0.05, 0.1) is 11.9 Å². The smallest absolute Gasteiger partial charge is 0.253 e. The Morgan fingerprint density at radius 3 is 2.50 bits per heavy atom. The second-order valence-corrected chi connectivity index (χ2v) is 9.21. The predicted octanol–water partition coefficient (Wildman–Crippen LogP) is 2.90. The van der Waals surface area contributed by atoms with Crippen LogP contribution in [0.1, 0.15) is 50.0 Å². The molecule has 1 heterocycles. The van der Waals surface area contributed by atoms with Crippen molar-refractivity contribution in [2.24, 2.45) is 5.92 Å². The Hall–Kier alpha value is -1.56. The second kappa shape index (κ2) is 6.75. The lowest BCUT2D eigenvalue weighted by molar-refractivity contribution is 0.0728. The molecule has 1 aliphatic heterocycles. The molecule has 0 bridgehead atoms. The fourth-order valence-electron chi connectivity index (χ4n) is 3.49. The van der Waals surface area contributed by atoms with Gasteiger partial charge in [0.2, 0.25) is 10.0 Å². The third kappa shape index (κ3) is 3.74. The third-order valence-corrected chi connectivity index (χ3v) is 5.90. The molecule has 1 amide bonds. The van der Waals surface area contributed by atoms with Crippen LogP contribution in [-0.2, 0) is 16.4 Å². The molecule has 0 unspecified atom stereocenters. The van der Waals surface area contributed by atoms with Crippen molar-refractivity contribution in [1.29, 1.82) is 0 Å². The average Bonchev–Trinajstić information content (AvgIpc) is 2.79. The number of hydrogen-bond donors (Lipinski definition) is 0. The number of sulfonamides is 1. The van der Waals surface area contributed by atoms with E-state index in [-0.39, 0.29) is 18.0 Å². The first-order chi connectivity index (χ1) is 11.0. The Morgan fingerprint density at radius 1 is 1.33 bits per heavy atom. The number of carbonyl (C=O) groups excluding carboxylic acids is 1. The molecule has 2 rings (SSSR count). The summed E-state index contributed by atoms with van der Waals surface area (Å²) in [5.41, 5.74) is 2.23. The molecule has 1 aromatic carbocycles. The summed E-state index contributed by atoms with van der Waals surface area (Å²) in [6, 6.07) is 5.39. The van der Waals surface area contributed by atoms with Crippen LogP contribution in [0.2, 0.25) is 0 Å². The number of anilines is 1. The van der Waals surface area contributed by atoms with Crippen molar-refractivity contribution in [2.45, 2.75) is 52.6 Å². The minimum Gasteiger partial charge on any atom is -0.339 e. The van der Waals surface area contributed by atoms with Gasteiger partial charge in [-0.3, -0.25) is 9.10 Å². The maximum absolute atomic E-state index is 12.7. The molecule has 6 heteroatoms. The standard InChI is InChI=1S/C18H28N2O3S/c1-12(2)9-13(3)19(5)18(21)15-7-8-17-16(11-15)10-14(4)20(17)24(6,22)23/h7-8,11-14H,9-10H2,1-6H3/t13-,14-/m1/s1. The maximum atomic E-state index is 12.7. The van der Waals surface area contributed by atoms with Gasteiger partial charge in [-0.25, -0.2) is 8.42 Å². The molecule has 0 radical (unpaired) electrons. The lowest BCUT2D eigenvalue weighted by Crippen LogP contribution is -2.36. The SMILES string of the molecule is CC(C)C[C@@H](C)N(C)C(=O)c1ccc2c(c1)C[C@@H](C)N2S(C)(=O)=O. The van der Waals surface area contributed by atoms with Crippen LogP contribution >= 0.6 is 0 Å². The molecule has 0 aliphatic carbocycles. The Kier molecular flexibility index (Phi) is 5.28. The number of benzene rings is 1. The molecular weight excluding hydrogens is 324 g/mol. The van der Waals surface area contributed by atoms with E-state index in [0.29, 0.717) is 23.6 Å². The molecule has 1 aliphatic rings. The van der Waals surface area contributed by atoms with Crippen molar-refractivity contribution in [3.05, 3.63) is 29.3 Å². The van der Waals surface area contributed by atoms with Gasteiger partial charge in [0.25, 0.3) is 5.91 Å². The van der Waals surface area contributed by atoms with Crippen LogP contribution in [0.25, 0.3) is 0 Å². The molecular formula is C18H28N2O3S. The van der Waals surface area contributed by atoms with Crippen molar-refractivity contribution >= 4 is 21.6 Å². The molecule has 0 saturated heterocycles. The molecule has 134 valence electrons. The first-order valence-electron chi connectivity index (χ1n) is 8.41. The van der Waals surface area contributed by atoms with E-state index in [2.05, 4.69) is 20.8 Å². The van der Waals surface area contributed by atoms with Crippen molar-refractivity contribution in [3.63, 3.8) is 0 Å². The zero-order chi connectivity index (χ0) is 18.2. The summed E-state index contributed by atoms with van der Waals surface area (Å²) >= 11 is 0. The summed E-state index contributed by atoms with van der Waals surface area (Å²) in [5.74, 6) is 0.510. The van der Waals surface area contributed by atoms with Crippen LogP contribution < -0.4 is 4.31 Å². The van der Waals surface area contributed by atoms with E-state index in [9.17, 15) is 13.2 Å². The number of fused-ring (bicyclic) bond motifs is 1. The highest BCUT2D eigenvalue weighted by Crippen LogP contribution is 2.35. The molecule has 2 atom stereocenters. The molecule has 0 fully saturated rings. The second-order valence-electron chi connectivity index (χ2n) is 7.35. The van der Waals surface area contributed by atoms with Gasteiger partial charge in [0, 0.05) is 24.7 Å². The van der Waals surface area contributed by atoms with Crippen molar-refractivity contribution < 1.29 is 13.2 Å². The number of amides is 1. The number of rotatable bonds is 5. The first-order valence-corrected chi connectivity index (χ1v) is 10.3. The van der Waals surface area contributed by atoms with Crippen molar-refractivity contribution in [3.8, 4) is 0 Å². The highest BCUT2D eigenvalue weighted by Gasteiger charge is 2.33. The van der Waals surface area contributed by atoms with E-state index in [0.717, 1.165) is 12.0 Å². The lowest BCUT2D eigenvalue weighted by Gasteiger charge is -2.26. The van der Waals surface area contributed by atoms with E-state index < -0.39 is 10.0 Å². The Balaban J connectivity index is 2.27. The summed E-state index contributed by atoms with van der Waals surface area (Å²) in [5, 5.41) is 0. The molecule has 1 aromatic rings. The lowest BCUT2D eigenvalue weighted by atomic mass is 10.0. The van der Waals surface area contributed by atoms with Gasteiger partial charge in [0.1, 0.15) is 0 Å². The number of hydrogen-bond acceptors (Lipinski definition) is 3. The molecule has 0 saturated carbocycles. The zero-order valence-corrected chi connectivity index (χ0v) is 16.2. The zero-order valence-electron chi connectivity index (χ0n) is 15.4. The third-order valence-electron chi connectivity index (χ3n) is 4.63. The van der Waals surface area contributed by atoms with Gasteiger partial charge >= 0.3 is 0 Å². The summed E-state index contributed by atoms with van der Waals surface area (Å²) in [6.45, 7) is 8.23. The summed E-state index contributed by atoms with van der Waals surface area (Å²) in [6.07, 6.45) is 2.81. The molecule has 5 nitrogen and oxygen atoms in total. The summed E-state index contributed by atoms with van der Waals surface area (Å²) in [7, 11) is -1.48. The Labute approximate surface area is 145 Å². The topological polar surface area (TPSA) is 57.7 Å². The fourth-order valence-corrected chi connectivity index (χ4v) is 4.75. The highest BCUT2D eigenvalue weighted by molar-refractivity contribution is 7.92. The molecule has 0 aromatic heterocycles. The van der Waals surface area contributed by atoms with E-state index in [1.807, 2.05) is 20.0 Å². The van der Waals surface area contributed by atoms with Crippen LogP contribution in [0, 0.1) is 5.92 Å². The summed E-state index contributed by atoms with van der Waals surface area (Å²) < 4.78 is 25.4. The fraction of sp³-hybridized carbons (Fsp3) is 0.611. The van der Waals surface area contributed by atoms with Gasteiger partial charge < -0.3 is 4.90 Å². The normalized spacial score (nSPS) is 18.6. The maximum Gasteiger partial charge on any atom is 0.253 e. The van der Waals surface area contributed by atoms with Crippen LogP contribution in [0.4, 0.5) is 5.69 Å². The average molecular weight is 353 g/mol. The predicted molar refractivity (Wildman–Crippen MR) is 97.9 cm³/mol. The van der Waals surface area contributed by atoms with Crippen LogP contribution in [0.3, 0.4) is 0 Å². The summed E-state index contributed by atoms with van der Waals surface area (Å²) in [4.78, 5) is 14.5. The van der Waals surface area contributed by atoms with Gasteiger partial charge in [-0.15, -0.1) is 0 Å². The van der Waals surface area contributed by atoms with Crippen molar-refractivity contribution in [1.82, 2.24) is 4.90 Å². The van der Waals surface area contributed by atoms with Gasteiger partial charge in [-0.2, -0.15) is 0 Å². The minimum absolute atomic E-state index is 0.0172. The minimum atomic E-state index is -3.30. The van der Waals surface area contributed by atoms with Gasteiger partial charge in [0.15, 0.2) is 0 Å². The van der Waals surface area contributed by atoms with Gasteiger partial charge in [-0.05, 0) is 56.4 Å². The highest BCUT2D eigenvalue weighted by atomic mass is 32.2. The quantitative estimate of drug-likeness (QED) is 0.819. The van der Waals surface area contributed by atoms with Crippen molar-refractivity contribution in [2.75, 3.05) is 17.6 Å². The van der Waals surface area contributed by atoms with Gasteiger partial charge in [-0.1, -0.05) is 13.8 Å². The van der Waals surface area contributed by atoms with Crippen LogP contribution in [0.15, 0.2) is 18.2 Å². The molecule has 0 spiro atoms. The Morgan fingerprint density at radius 2 is 1.96 bits per heavy atom. The van der Waals surface area contributed by atoms with E-state index in [1.54, 1.807) is 17.0 Å². The van der Waals surface area contributed by atoms with Crippen LogP contribution in [0.5, 0.6) is 0 Å². The van der Waals surface area contributed by atoms with E-state index >= 15 is 0 Å². The van der Waals surface area contributed by atoms with Crippen LogP contribution in [-0.4, -0.2) is 44.6 Å².